The number of ether oxygens (including phenoxy) is 1. The Kier molecular flexibility index (Phi) is 3.05. The largest absolute Gasteiger partial charge is 0.390 e. The van der Waals surface area contributed by atoms with Crippen molar-refractivity contribution in [3.8, 4) is 0 Å². The molecule has 6 heteroatoms. The molecule has 1 aliphatic carbocycles. The SMILES string of the molecule is CN(CCOCC1CC1)c1nnc(N)o1. The lowest BCUT2D eigenvalue weighted by molar-refractivity contribution is 0.130. The molecule has 1 aliphatic rings. The van der Waals surface area contributed by atoms with Gasteiger partial charge in [0.05, 0.1) is 6.61 Å². The second kappa shape index (κ2) is 4.48. The average molecular weight is 212 g/mol. The second-order valence-corrected chi connectivity index (χ2v) is 3.86. The minimum atomic E-state index is 0.0933. The number of nitrogen functional groups attached to an aromatic ring is 1. The maximum absolute atomic E-state index is 5.49. The number of hydrogen-bond acceptors (Lipinski definition) is 6. The maximum Gasteiger partial charge on any atom is 0.319 e. The molecule has 0 radical (unpaired) electrons. The molecular weight excluding hydrogens is 196 g/mol. The highest BCUT2D eigenvalue weighted by atomic mass is 16.5. The smallest absolute Gasteiger partial charge is 0.319 e. The van der Waals surface area contributed by atoms with Gasteiger partial charge in [-0.1, -0.05) is 10.2 Å². The fraction of sp³-hybridized carbons (Fsp3) is 0.778. The molecule has 0 unspecified atom stereocenters. The first-order valence-electron chi connectivity index (χ1n) is 5.13. The molecule has 0 aliphatic heterocycles. The third-order valence-electron chi connectivity index (χ3n) is 2.38. The number of nitrogens with zero attached hydrogens (tertiary/aromatic N) is 3. The van der Waals surface area contributed by atoms with Crippen LogP contribution in [0, 0.1) is 5.92 Å². The lowest BCUT2D eigenvalue weighted by Gasteiger charge is -2.13. The van der Waals surface area contributed by atoms with Gasteiger partial charge in [0.25, 0.3) is 0 Å². The fourth-order valence-corrected chi connectivity index (χ4v) is 1.21. The molecule has 0 spiro atoms. The molecule has 0 atom stereocenters. The minimum absolute atomic E-state index is 0.0933. The number of nitrogens with two attached hydrogens (primary N) is 1. The van der Waals surface area contributed by atoms with Crippen LogP contribution in [0.15, 0.2) is 4.42 Å². The van der Waals surface area contributed by atoms with Gasteiger partial charge in [0.15, 0.2) is 0 Å². The van der Waals surface area contributed by atoms with E-state index in [0.29, 0.717) is 12.6 Å². The average Bonchev–Trinajstić information content (AvgIpc) is 2.94. The van der Waals surface area contributed by atoms with Gasteiger partial charge in [0, 0.05) is 20.2 Å². The Balaban J connectivity index is 1.64. The highest BCUT2D eigenvalue weighted by Gasteiger charge is 2.21. The van der Waals surface area contributed by atoms with Gasteiger partial charge >= 0.3 is 12.0 Å². The zero-order valence-electron chi connectivity index (χ0n) is 8.85. The van der Waals surface area contributed by atoms with E-state index in [0.717, 1.165) is 19.1 Å². The third kappa shape index (κ3) is 3.09. The topological polar surface area (TPSA) is 77.4 Å². The van der Waals surface area contributed by atoms with E-state index in [1.165, 1.54) is 12.8 Å². The van der Waals surface area contributed by atoms with Crippen LogP contribution >= 0.6 is 0 Å². The van der Waals surface area contributed by atoms with Crippen molar-refractivity contribution in [2.75, 3.05) is 37.4 Å². The van der Waals surface area contributed by atoms with Crippen LogP contribution in [0.25, 0.3) is 0 Å². The van der Waals surface area contributed by atoms with E-state index >= 15 is 0 Å². The molecule has 0 aromatic carbocycles. The van der Waals surface area contributed by atoms with Crippen LogP contribution < -0.4 is 10.6 Å². The molecule has 1 fully saturated rings. The lowest BCUT2D eigenvalue weighted by Crippen LogP contribution is -2.23. The maximum atomic E-state index is 5.49. The number of aromatic nitrogens is 2. The number of likely N-dealkylation sites (N-methyl/N-ethyl adjacent to an activating group) is 1. The van der Waals surface area contributed by atoms with Gasteiger partial charge in [-0.15, -0.1) is 0 Å². The van der Waals surface area contributed by atoms with Crippen molar-refractivity contribution in [3.63, 3.8) is 0 Å². The van der Waals surface area contributed by atoms with Crippen LogP contribution in [0.3, 0.4) is 0 Å². The molecule has 0 bridgehead atoms. The first-order valence-corrected chi connectivity index (χ1v) is 5.13. The number of rotatable bonds is 6. The summed E-state index contributed by atoms with van der Waals surface area (Å²) in [7, 11) is 1.87. The summed E-state index contributed by atoms with van der Waals surface area (Å²) in [5, 5.41) is 7.35. The van der Waals surface area contributed by atoms with Crippen molar-refractivity contribution in [2.45, 2.75) is 12.8 Å². The molecule has 15 heavy (non-hydrogen) atoms. The molecule has 1 aromatic rings. The molecule has 1 aromatic heterocycles. The van der Waals surface area contributed by atoms with E-state index in [-0.39, 0.29) is 6.01 Å². The second-order valence-electron chi connectivity index (χ2n) is 3.86. The van der Waals surface area contributed by atoms with Crippen molar-refractivity contribution in [1.29, 1.82) is 0 Å². The van der Waals surface area contributed by atoms with Gasteiger partial charge in [-0.05, 0) is 18.8 Å². The summed E-state index contributed by atoms with van der Waals surface area (Å²) in [5.41, 5.74) is 5.32. The van der Waals surface area contributed by atoms with E-state index in [9.17, 15) is 0 Å². The van der Waals surface area contributed by atoms with Crippen molar-refractivity contribution in [3.05, 3.63) is 0 Å². The van der Waals surface area contributed by atoms with E-state index in [2.05, 4.69) is 10.2 Å². The van der Waals surface area contributed by atoms with Crippen LogP contribution in [0.4, 0.5) is 12.0 Å². The summed E-state index contributed by atoms with van der Waals surface area (Å²) >= 11 is 0. The Bertz CT molecular complexity index is 311. The molecule has 1 heterocycles. The number of anilines is 2. The molecule has 0 amide bonds. The summed E-state index contributed by atoms with van der Waals surface area (Å²) in [6.07, 6.45) is 2.63. The van der Waals surface area contributed by atoms with Gasteiger partial charge in [0.1, 0.15) is 0 Å². The first kappa shape index (κ1) is 10.2. The normalized spacial score (nSPS) is 15.5. The van der Waals surface area contributed by atoms with E-state index < -0.39 is 0 Å². The van der Waals surface area contributed by atoms with Crippen molar-refractivity contribution < 1.29 is 9.15 Å². The molecule has 6 nitrogen and oxygen atoms in total. The molecular formula is C9H16N4O2. The van der Waals surface area contributed by atoms with Crippen molar-refractivity contribution in [1.82, 2.24) is 10.2 Å². The van der Waals surface area contributed by atoms with Gasteiger partial charge in [-0.25, -0.2) is 0 Å². The molecule has 2 N–H and O–H groups in total. The fourth-order valence-electron chi connectivity index (χ4n) is 1.21. The Morgan fingerprint density at radius 3 is 2.93 bits per heavy atom. The van der Waals surface area contributed by atoms with Gasteiger partial charge in [0.2, 0.25) is 0 Å². The lowest BCUT2D eigenvalue weighted by atomic mass is 10.5. The summed E-state index contributed by atoms with van der Waals surface area (Å²) in [6, 6.07) is 0.526. The van der Waals surface area contributed by atoms with Gasteiger partial charge in [-0.2, -0.15) is 0 Å². The van der Waals surface area contributed by atoms with E-state index in [1.54, 1.807) is 0 Å². The predicted molar refractivity (Wildman–Crippen MR) is 55.5 cm³/mol. The minimum Gasteiger partial charge on any atom is -0.390 e. The zero-order valence-corrected chi connectivity index (χ0v) is 8.85. The highest BCUT2D eigenvalue weighted by Crippen LogP contribution is 2.28. The molecule has 1 saturated carbocycles. The van der Waals surface area contributed by atoms with Gasteiger partial charge < -0.3 is 19.8 Å². The van der Waals surface area contributed by atoms with E-state index in [1.807, 2.05) is 11.9 Å². The Labute approximate surface area is 88.4 Å². The predicted octanol–water partition coefficient (Wildman–Crippen LogP) is 0.515. The molecule has 84 valence electrons. The summed E-state index contributed by atoms with van der Waals surface area (Å²) < 4.78 is 10.6. The molecule has 0 saturated heterocycles. The Morgan fingerprint density at radius 2 is 2.33 bits per heavy atom. The standard InChI is InChI=1S/C9H16N4O2/c1-13(9-12-11-8(10)15-9)4-5-14-6-7-2-3-7/h7H,2-6H2,1H3,(H2,10,11). The summed E-state index contributed by atoms with van der Waals surface area (Å²) in [5.74, 6) is 0.800. The summed E-state index contributed by atoms with van der Waals surface area (Å²) in [4.78, 5) is 1.83. The van der Waals surface area contributed by atoms with Crippen LogP contribution in [-0.2, 0) is 4.74 Å². The van der Waals surface area contributed by atoms with Crippen LogP contribution in [0.2, 0.25) is 0 Å². The van der Waals surface area contributed by atoms with Crippen molar-refractivity contribution in [2.24, 2.45) is 5.92 Å². The van der Waals surface area contributed by atoms with Crippen LogP contribution in [0.1, 0.15) is 12.8 Å². The monoisotopic (exact) mass is 212 g/mol. The summed E-state index contributed by atoms with van der Waals surface area (Å²) in [6.45, 7) is 2.28. The van der Waals surface area contributed by atoms with Crippen LogP contribution in [-0.4, -0.2) is 37.0 Å². The zero-order chi connectivity index (χ0) is 10.7. The van der Waals surface area contributed by atoms with Crippen molar-refractivity contribution >= 4 is 12.0 Å². The molecule has 2 rings (SSSR count). The van der Waals surface area contributed by atoms with Gasteiger partial charge in [-0.3, -0.25) is 0 Å². The highest BCUT2D eigenvalue weighted by molar-refractivity contribution is 5.25. The quantitative estimate of drug-likeness (QED) is 0.692. The van der Waals surface area contributed by atoms with E-state index in [4.69, 9.17) is 14.9 Å². The van der Waals surface area contributed by atoms with Crippen LogP contribution in [0.5, 0.6) is 0 Å². The third-order valence-corrected chi connectivity index (χ3v) is 2.38. The Morgan fingerprint density at radius 1 is 1.53 bits per heavy atom. The Hall–Kier alpha value is -1.30. The first-order chi connectivity index (χ1) is 7.25. The number of hydrogen-bond donors (Lipinski definition) is 1.